The summed E-state index contributed by atoms with van der Waals surface area (Å²) in [5, 5.41) is 2.87. The van der Waals surface area contributed by atoms with Gasteiger partial charge in [-0.25, -0.2) is 0 Å². The van der Waals surface area contributed by atoms with Crippen molar-refractivity contribution in [3.8, 4) is 5.75 Å². The van der Waals surface area contributed by atoms with Crippen LogP contribution in [-0.2, 0) is 16.1 Å². The molecule has 28 heavy (non-hydrogen) atoms. The number of rotatable bonds is 9. The van der Waals surface area contributed by atoms with Crippen LogP contribution in [0.25, 0.3) is 0 Å². The van der Waals surface area contributed by atoms with Gasteiger partial charge in [-0.3, -0.25) is 9.69 Å². The van der Waals surface area contributed by atoms with Crippen molar-refractivity contribution in [1.82, 2.24) is 4.90 Å². The van der Waals surface area contributed by atoms with Crippen LogP contribution in [-0.4, -0.2) is 43.2 Å². The molecule has 1 aliphatic rings. The van der Waals surface area contributed by atoms with Gasteiger partial charge in [-0.15, -0.1) is 0 Å². The van der Waals surface area contributed by atoms with Crippen molar-refractivity contribution in [2.45, 2.75) is 38.8 Å². The molecule has 5 nitrogen and oxygen atoms in total. The van der Waals surface area contributed by atoms with Gasteiger partial charge < -0.3 is 14.8 Å². The van der Waals surface area contributed by atoms with Gasteiger partial charge in [0, 0.05) is 18.3 Å². The standard InChI is InChI=1S/C23H30N2O3/c1-19-7-5-6-14-25(19)17-20-10-12-21(13-11-20)24-23(26)18-27-15-16-28-22-8-3-2-4-9-22/h2-4,8-13,19H,5-7,14-18H2,1H3,(H,24,26). The van der Waals surface area contributed by atoms with E-state index >= 15 is 0 Å². The molecule has 3 rings (SSSR count). The Morgan fingerprint density at radius 3 is 2.61 bits per heavy atom. The van der Waals surface area contributed by atoms with Crippen LogP contribution in [0.1, 0.15) is 31.7 Å². The third kappa shape index (κ3) is 6.66. The molecule has 5 heteroatoms. The third-order valence-electron chi connectivity index (χ3n) is 5.04. The molecule has 0 aliphatic carbocycles. The number of piperidine rings is 1. The SMILES string of the molecule is CC1CCCCN1Cc1ccc(NC(=O)COCCOc2ccccc2)cc1. The second kappa shape index (κ2) is 10.8. The summed E-state index contributed by atoms with van der Waals surface area (Å²) < 4.78 is 10.9. The lowest BCUT2D eigenvalue weighted by molar-refractivity contribution is -0.120. The Bertz CT molecular complexity index is 718. The summed E-state index contributed by atoms with van der Waals surface area (Å²) in [6, 6.07) is 18.3. The molecule has 1 unspecified atom stereocenters. The zero-order chi connectivity index (χ0) is 19.6. The minimum absolute atomic E-state index is 0.0190. The fourth-order valence-corrected chi connectivity index (χ4v) is 3.42. The number of hydrogen-bond acceptors (Lipinski definition) is 4. The van der Waals surface area contributed by atoms with Crippen molar-refractivity contribution >= 4 is 11.6 Å². The van der Waals surface area contributed by atoms with Crippen LogP contribution in [0.4, 0.5) is 5.69 Å². The minimum Gasteiger partial charge on any atom is -0.491 e. The van der Waals surface area contributed by atoms with Crippen LogP contribution >= 0.6 is 0 Å². The third-order valence-corrected chi connectivity index (χ3v) is 5.04. The summed E-state index contributed by atoms with van der Waals surface area (Å²) in [5.74, 6) is 0.645. The van der Waals surface area contributed by atoms with Gasteiger partial charge >= 0.3 is 0 Å². The molecule has 0 saturated carbocycles. The molecular weight excluding hydrogens is 352 g/mol. The van der Waals surface area contributed by atoms with Crippen molar-refractivity contribution < 1.29 is 14.3 Å². The topological polar surface area (TPSA) is 50.8 Å². The van der Waals surface area contributed by atoms with E-state index in [-0.39, 0.29) is 12.5 Å². The quantitative estimate of drug-likeness (QED) is 0.664. The number of benzene rings is 2. The monoisotopic (exact) mass is 382 g/mol. The first-order valence-electron chi connectivity index (χ1n) is 10.1. The number of carbonyl (C=O) groups is 1. The maximum atomic E-state index is 12.0. The summed E-state index contributed by atoms with van der Waals surface area (Å²) in [5.41, 5.74) is 2.07. The number of carbonyl (C=O) groups excluding carboxylic acids is 1. The molecule has 2 aromatic carbocycles. The van der Waals surface area contributed by atoms with E-state index in [9.17, 15) is 4.79 Å². The van der Waals surface area contributed by atoms with Gasteiger partial charge in [0.25, 0.3) is 0 Å². The number of ether oxygens (including phenoxy) is 2. The minimum atomic E-state index is -0.155. The second-order valence-corrected chi connectivity index (χ2v) is 7.27. The lowest BCUT2D eigenvalue weighted by atomic mass is 10.0. The number of nitrogens with one attached hydrogen (secondary N) is 1. The number of para-hydroxylation sites is 1. The lowest BCUT2D eigenvalue weighted by Gasteiger charge is -2.33. The molecular formula is C23H30N2O3. The Kier molecular flexibility index (Phi) is 7.88. The molecule has 0 radical (unpaired) electrons. The molecule has 1 atom stereocenters. The number of hydrogen-bond donors (Lipinski definition) is 1. The predicted molar refractivity (Wildman–Crippen MR) is 112 cm³/mol. The molecule has 1 saturated heterocycles. The summed E-state index contributed by atoms with van der Waals surface area (Å²) in [4.78, 5) is 14.5. The van der Waals surface area contributed by atoms with E-state index < -0.39 is 0 Å². The molecule has 0 bridgehead atoms. The first kappa shape index (κ1) is 20.4. The van der Waals surface area contributed by atoms with Crippen molar-refractivity contribution in [3.05, 3.63) is 60.2 Å². The fourth-order valence-electron chi connectivity index (χ4n) is 3.42. The van der Waals surface area contributed by atoms with Crippen molar-refractivity contribution in [2.24, 2.45) is 0 Å². The molecule has 0 aromatic heterocycles. The van der Waals surface area contributed by atoms with Crippen molar-refractivity contribution in [2.75, 3.05) is 31.7 Å². The average molecular weight is 383 g/mol. The van der Waals surface area contributed by atoms with E-state index in [2.05, 4.69) is 29.3 Å². The van der Waals surface area contributed by atoms with Crippen LogP contribution in [0.2, 0.25) is 0 Å². The van der Waals surface area contributed by atoms with Crippen LogP contribution in [0.5, 0.6) is 5.75 Å². The van der Waals surface area contributed by atoms with Crippen LogP contribution < -0.4 is 10.1 Å². The summed E-state index contributed by atoms with van der Waals surface area (Å²) in [6.07, 6.45) is 3.91. The van der Waals surface area contributed by atoms with Crippen LogP contribution in [0.15, 0.2) is 54.6 Å². The highest BCUT2D eigenvalue weighted by Crippen LogP contribution is 2.20. The van der Waals surface area contributed by atoms with E-state index in [1.165, 1.54) is 31.4 Å². The smallest absolute Gasteiger partial charge is 0.250 e. The van der Waals surface area contributed by atoms with E-state index in [0.717, 1.165) is 18.0 Å². The van der Waals surface area contributed by atoms with E-state index in [1.807, 2.05) is 42.5 Å². The molecule has 1 fully saturated rings. The van der Waals surface area contributed by atoms with Gasteiger partial charge in [-0.1, -0.05) is 36.8 Å². The van der Waals surface area contributed by atoms with Gasteiger partial charge in [0.05, 0.1) is 6.61 Å². The number of likely N-dealkylation sites (tertiary alicyclic amines) is 1. The van der Waals surface area contributed by atoms with Crippen molar-refractivity contribution in [1.29, 1.82) is 0 Å². The van der Waals surface area contributed by atoms with E-state index in [4.69, 9.17) is 9.47 Å². The maximum Gasteiger partial charge on any atom is 0.250 e. The first-order chi connectivity index (χ1) is 13.7. The first-order valence-corrected chi connectivity index (χ1v) is 10.1. The Labute approximate surface area is 167 Å². The highest BCUT2D eigenvalue weighted by atomic mass is 16.5. The number of amides is 1. The Balaban J connectivity index is 1.33. The highest BCUT2D eigenvalue weighted by molar-refractivity contribution is 5.91. The van der Waals surface area contributed by atoms with Crippen LogP contribution in [0, 0.1) is 0 Å². The lowest BCUT2D eigenvalue weighted by Crippen LogP contribution is -2.36. The zero-order valence-electron chi connectivity index (χ0n) is 16.6. The largest absolute Gasteiger partial charge is 0.491 e. The Morgan fingerprint density at radius 2 is 1.86 bits per heavy atom. The van der Waals surface area contributed by atoms with Gasteiger partial charge in [0.15, 0.2) is 0 Å². The van der Waals surface area contributed by atoms with Gasteiger partial charge in [0.1, 0.15) is 19.0 Å². The second-order valence-electron chi connectivity index (χ2n) is 7.27. The van der Waals surface area contributed by atoms with E-state index in [0.29, 0.717) is 19.3 Å². The summed E-state index contributed by atoms with van der Waals surface area (Å²) >= 11 is 0. The Hall–Kier alpha value is -2.37. The molecule has 1 heterocycles. The molecule has 1 N–H and O–H groups in total. The average Bonchev–Trinajstić information content (AvgIpc) is 2.72. The normalized spacial score (nSPS) is 17.2. The molecule has 1 amide bonds. The van der Waals surface area contributed by atoms with Gasteiger partial charge in [-0.2, -0.15) is 0 Å². The van der Waals surface area contributed by atoms with E-state index in [1.54, 1.807) is 0 Å². The number of nitrogens with zero attached hydrogens (tertiary/aromatic N) is 1. The van der Waals surface area contributed by atoms with Gasteiger partial charge in [-0.05, 0) is 56.1 Å². The number of anilines is 1. The Morgan fingerprint density at radius 1 is 1.07 bits per heavy atom. The molecule has 2 aromatic rings. The van der Waals surface area contributed by atoms with Crippen LogP contribution in [0.3, 0.4) is 0 Å². The van der Waals surface area contributed by atoms with Crippen molar-refractivity contribution in [3.63, 3.8) is 0 Å². The maximum absolute atomic E-state index is 12.0. The summed E-state index contributed by atoms with van der Waals surface area (Å²) in [6.45, 7) is 5.25. The predicted octanol–water partition coefficient (Wildman–Crippen LogP) is 4.10. The molecule has 0 spiro atoms. The van der Waals surface area contributed by atoms with Gasteiger partial charge in [0.2, 0.25) is 5.91 Å². The summed E-state index contributed by atoms with van der Waals surface area (Å²) in [7, 11) is 0. The zero-order valence-corrected chi connectivity index (χ0v) is 16.6. The fraction of sp³-hybridized carbons (Fsp3) is 0.435. The highest BCUT2D eigenvalue weighted by Gasteiger charge is 2.17. The molecule has 150 valence electrons. The molecule has 1 aliphatic heterocycles.